The predicted octanol–water partition coefficient (Wildman–Crippen LogP) is 0.813. The van der Waals surface area contributed by atoms with Crippen molar-refractivity contribution in [3.05, 3.63) is 23.9 Å². The van der Waals surface area contributed by atoms with E-state index in [-0.39, 0.29) is 5.25 Å². The molecule has 1 atom stereocenters. The Morgan fingerprint density at radius 3 is 2.94 bits per heavy atom. The van der Waals surface area contributed by atoms with Crippen LogP contribution in [0.5, 0.6) is 0 Å². The molecule has 1 saturated heterocycles. The minimum Gasteiger partial charge on any atom is -0.317 e. The molecule has 1 aromatic rings. The zero-order valence-corrected chi connectivity index (χ0v) is 9.67. The Balaban J connectivity index is 2.23. The Labute approximate surface area is 97.2 Å². The first-order valence-corrected chi connectivity index (χ1v) is 6.50. The molecular formula is C11H13N3OS. The number of nitriles is 1. The Morgan fingerprint density at radius 1 is 1.50 bits per heavy atom. The number of aromatic nitrogens is 1. The lowest BCUT2D eigenvalue weighted by molar-refractivity contribution is 0.518. The van der Waals surface area contributed by atoms with Crippen LogP contribution in [0.2, 0.25) is 0 Å². The molecule has 1 aliphatic rings. The number of nitrogens with one attached hydrogen (secondary N) is 1. The standard InChI is InChI=1S/C11H13N3OS/c12-8-9-2-1-5-14-11(9)16(15)10-3-6-13-7-4-10/h1-2,5,10,13H,3-4,6-7H2. The molecule has 0 saturated carbocycles. The van der Waals surface area contributed by atoms with Crippen molar-refractivity contribution in [1.29, 1.82) is 5.26 Å². The van der Waals surface area contributed by atoms with E-state index >= 15 is 0 Å². The first kappa shape index (κ1) is 11.2. The minimum absolute atomic E-state index is 0.128. The van der Waals surface area contributed by atoms with Crippen LogP contribution in [-0.2, 0) is 10.8 Å². The molecule has 1 aromatic heterocycles. The topological polar surface area (TPSA) is 65.8 Å². The number of rotatable bonds is 2. The number of hydrogen-bond acceptors (Lipinski definition) is 4. The highest BCUT2D eigenvalue weighted by Crippen LogP contribution is 2.18. The summed E-state index contributed by atoms with van der Waals surface area (Å²) in [6.07, 6.45) is 3.36. The van der Waals surface area contributed by atoms with Crippen LogP contribution in [0.4, 0.5) is 0 Å². The van der Waals surface area contributed by atoms with E-state index in [2.05, 4.69) is 10.3 Å². The molecule has 0 aliphatic carbocycles. The van der Waals surface area contributed by atoms with Gasteiger partial charge in [-0.1, -0.05) is 0 Å². The third-order valence-corrected chi connectivity index (χ3v) is 4.45. The monoisotopic (exact) mass is 235 g/mol. The minimum atomic E-state index is -1.15. The molecule has 0 spiro atoms. The van der Waals surface area contributed by atoms with Gasteiger partial charge in [-0.25, -0.2) is 4.98 Å². The fraction of sp³-hybridized carbons (Fsp3) is 0.455. The fourth-order valence-electron chi connectivity index (χ4n) is 1.80. The normalized spacial score (nSPS) is 18.9. The molecule has 0 bridgehead atoms. The van der Waals surface area contributed by atoms with Crippen molar-refractivity contribution in [2.75, 3.05) is 13.1 Å². The van der Waals surface area contributed by atoms with Crippen LogP contribution >= 0.6 is 0 Å². The number of hydrogen-bond donors (Lipinski definition) is 1. The molecule has 2 heterocycles. The largest absolute Gasteiger partial charge is 0.317 e. The maximum Gasteiger partial charge on any atom is 0.145 e. The van der Waals surface area contributed by atoms with Crippen LogP contribution in [-0.4, -0.2) is 27.5 Å². The van der Waals surface area contributed by atoms with Crippen molar-refractivity contribution in [1.82, 2.24) is 10.3 Å². The smallest absolute Gasteiger partial charge is 0.145 e. The van der Waals surface area contributed by atoms with E-state index in [4.69, 9.17) is 5.26 Å². The molecule has 1 fully saturated rings. The maximum absolute atomic E-state index is 12.2. The lowest BCUT2D eigenvalue weighted by Crippen LogP contribution is -2.33. The van der Waals surface area contributed by atoms with Crippen LogP contribution in [0.3, 0.4) is 0 Å². The molecule has 2 rings (SSSR count). The maximum atomic E-state index is 12.2. The Morgan fingerprint density at radius 2 is 2.25 bits per heavy atom. The Hall–Kier alpha value is -1.25. The molecule has 1 N–H and O–H groups in total. The summed E-state index contributed by atoms with van der Waals surface area (Å²) in [5, 5.41) is 12.7. The average Bonchev–Trinajstić information content (AvgIpc) is 2.39. The van der Waals surface area contributed by atoms with Crippen LogP contribution in [0.1, 0.15) is 18.4 Å². The zero-order valence-electron chi connectivity index (χ0n) is 8.85. The second-order valence-electron chi connectivity index (χ2n) is 3.71. The number of pyridine rings is 1. The second kappa shape index (κ2) is 5.19. The summed E-state index contributed by atoms with van der Waals surface area (Å²) in [5.74, 6) is 0. The highest BCUT2D eigenvalue weighted by molar-refractivity contribution is 7.85. The van der Waals surface area contributed by atoms with E-state index in [1.54, 1.807) is 18.3 Å². The summed E-state index contributed by atoms with van der Waals surface area (Å²) in [7, 11) is -1.15. The SMILES string of the molecule is N#Cc1cccnc1S(=O)C1CCNCC1. The van der Waals surface area contributed by atoms with Gasteiger partial charge in [0.05, 0.1) is 16.4 Å². The molecule has 84 valence electrons. The van der Waals surface area contributed by atoms with Crippen LogP contribution in [0, 0.1) is 11.3 Å². The van der Waals surface area contributed by atoms with Crippen molar-refractivity contribution in [2.24, 2.45) is 0 Å². The van der Waals surface area contributed by atoms with Crippen LogP contribution < -0.4 is 5.32 Å². The van der Waals surface area contributed by atoms with E-state index in [1.165, 1.54) is 0 Å². The van der Waals surface area contributed by atoms with Crippen molar-refractivity contribution < 1.29 is 4.21 Å². The summed E-state index contributed by atoms with van der Waals surface area (Å²) in [6.45, 7) is 1.79. The van der Waals surface area contributed by atoms with Crippen molar-refractivity contribution in [3.8, 4) is 6.07 Å². The second-order valence-corrected chi connectivity index (χ2v) is 5.36. The first-order chi connectivity index (χ1) is 7.83. The van der Waals surface area contributed by atoms with Crippen molar-refractivity contribution >= 4 is 10.8 Å². The summed E-state index contributed by atoms with van der Waals surface area (Å²) < 4.78 is 12.2. The van der Waals surface area contributed by atoms with Gasteiger partial charge in [0, 0.05) is 11.4 Å². The highest BCUT2D eigenvalue weighted by Gasteiger charge is 2.23. The Kier molecular flexibility index (Phi) is 3.65. The van der Waals surface area contributed by atoms with Gasteiger partial charge in [0.25, 0.3) is 0 Å². The van der Waals surface area contributed by atoms with E-state index in [1.807, 2.05) is 6.07 Å². The van der Waals surface area contributed by atoms with Gasteiger partial charge in [-0.15, -0.1) is 0 Å². The van der Waals surface area contributed by atoms with E-state index in [0.717, 1.165) is 25.9 Å². The van der Waals surface area contributed by atoms with Gasteiger partial charge < -0.3 is 5.32 Å². The van der Waals surface area contributed by atoms with Gasteiger partial charge in [0.15, 0.2) is 0 Å². The third-order valence-electron chi connectivity index (χ3n) is 2.67. The molecule has 0 amide bonds. The molecule has 16 heavy (non-hydrogen) atoms. The van der Waals surface area contributed by atoms with Gasteiger partial charge in [-0.2, -0.15) is 5.26 Å². The van der Waals surface area contributed by atoms with Gasteiger partial charge in [-0.3, -0.25) is 4.21 Å². The average molecular weight is 235 g/mol. The van der Waals surface area contributed by atoms with E-state index < -0.39 is 10.8 Å². The molecule has 4 nitrogen and oxygen atoms in total. The molecule has 0 radical (unpaired) electrons. The molecule has 5 heteroatoms. The predicted molar refractivity (Wildman–Crippen MR) is 61.3 cm³/mol. The quantitative estimate of drug-likeness (QED) is 0.824. The van der Waals surface area contributed by atoms with E-state index in [0.29, 0.717) is 10.6 Å². The van der Waals surface area contributed by atoms with Crippen LogP contribution in [0.15, 0.2) is 23.4 Å². The summed E-state index contributed by atoms with van der Waals surface area (Å²) >= 11 is 0. The highest BCUT2D eigenvalue weighted by atomic mass is 32.2. The summed E-state index contributed by atoms with van der Waals surface area (Å²) in [6, 6.07) is 5.41. The van der Waals surface area contributed by atoms with Gasteiger partial charge in [0.1, 0.15) is 11.1 Å². The Bertz CT molecular complexity index is 435. The lowest BCUT2D eigenvalue weighted by atomic mass is 10.2. The van der Waals surface area contributed by atoms with Gasteiger partial charge in [0.2, 0.25) is 0 Å². The fourth-order valence-corrected chi connectivity index (χ4v) is 3.28. The van der Waals surface area contributed by atoms with Gasteiger partial charge in [-0.05, 0) is 38.1 Å². The summed E-state index contributed by atoms with van der Waals surface area (Å²) in [5.41, 5.74) is 0.430. The third kappa shape index (κ3) is 2.29. The first-order valence-electron chi connectivity index (χ1n) is 5.29. The van der Waals surface area contributed by atoms with Crippen LogP contribution in [0.25, 0.3) is 0 Å². The van der Waals surface area contributed by atoms with Crippen molar-refractivity contribution in [3.63, 3.8) is 0 Å². The molecule has 1 aliphatic heterocycles. The number of piperidine rings is 1. The van der Waals surface area contributed by atoms with Crippen molar-refractivity contribution in [2.45, 2.75) is 23.1 Å². The molecule has 1 unspecified atom stereocenters. The zero-order chi connectivity index (χ0) is 11.4. The molecular weight excluding hydrogens is 222 g/mol. The molecule has 0 aromatic carbocycles. The lowest BCUT2D eigenvalue weighted by Gasteiger charge is -2.21. The number of nitrogens with zero attached hydrogens (tertiary/aromatic N) is 2. The summed E-state index contributed by atoms with van der Waals surface area (Å²) in [4.78, 5) is 4.08. The van der Waals surface area contributed by atoms with Gasteiger partial charge >= 0.3 is 0 Å². The van der Waals surface area contributed by atoms with E-state index in [9.17, 15) is 4.21 Å².